The van der Waals surface area contributed by atoms with Crippen LogP contribution in [0.4, 0.5) is 0 Å². The molecule has 2 heterocycles. The number of aromatic nitrogens is 3. The summed E-state index contributed by atoms with van der Waals surface area (Å²) in [5.41, 5.74) is 0.985. The van der Waals surface area contributed by atoms with Crippen molar-refractivity contribution in [2.75, 3.05) is 6.61 Å². The van der Waals surface area contributed by atoms with Gasteiger partial charge in [-0.25, -0.2) is 9.50 Å². The fraction of sp³-hybridized carbons (Fsp3) is 0.462. The highest BCUT2D eigenvalue weighted by molar-refractivity contribution is 5.93. The Labute approximate surface area is 111 Å². The minimum absolute atomic E-state index is 0.129. The van der Waals surface area contributed by atoms with Crippen molar-refractivity contribution >= 4 is 11.6 Å². The zero-order valence-corrected chi connectivity index (χ0v) is 11.4. The van der Waals surface area contributed by atoms with Gasteiger partial charge in [-0.3, -0.25) is 4.79 Å². The third kappa shape index (κ3) is 3.01. The number of rotatable bonds is 5. The van der Waals surface area contributed by atoms with Crippen LogP contribution in [-0.2, 0) is 0 Å². The predicted molar refractivity (Wildman–Crippen MR) is 71.4 cm³/mol. The van der Waals surface area contributed by atoms with E-state index in [0.29, 0.717) is 23.8 Å². The fourth-order valence-electron chi connectivity index (χ4n) is 1.60. The lowest BCUT2D eigenvalue weighted by Gasteiger charge is -2.08. The van der Waals surface area contributed by atoms with E-state index >= 15 is 0 Å². The van der Waals surface area contributed by atoms with Gasteiger partial charge in [0, 0.05) is 12.1 Å². The molecule has 102 valence electrons. The van der Waals surface area contributed by atoms with Crippen LogP contribution in [0.25, 0.3) is 5.65 Å². The maximum Gasteiger partial charge on any atom is 0.271 e. The normalized spacial score (nSPS) is 12.4. The SMILES string of the molecule is CCOc1ccc2nc(C(=O)N[C@@H](C)CC)cn2n1. The standard InChI is InChI=1S/C13H18N4O2/c1-4-9(3)14-13(18)10-8-17-11(15-10)6-7-12(16-17)19-5-2/h6-9H,4-5H2,1-3H3,(H,14,18)/t9-/m0/s1. The largest absolute Gasteiger partial charge is 0.477 e. The molecule has 1 N–H and O–H groups in total. The minimum atomic E-state index is -0.183. The van der Waals surface area contributed by atoms with E-state index < -0.39 is 0 Å². The lowest BCUT2D eigenvalue weighted by atomic mass is 10.2. The minimum Gasteiger partial charge on any atom is -0.477 e. The van der Waals surface area contributed by atoms with Gasteiger partial charge >= 0.3 is 0 Å². The molecule has 0 radical (unpaired) electrons. The molecule has 0 bridgehead atoms. The first-order valence-electron chi connectivity index (χ1n) is 6.44. The molecule has 0 aliphatic heterocycles. The van der Waals surface area contributed by atoms with Crippen molar-refractivity contribution in [3.05, 3.63) is 24.0 Å². The van der Waals surface area contributed by atoms with Crippen molar-refractivity contribution < 1.29 is 9.53 Å². The van der Waals surface area contributed by atoms with E-state index in [9.17, 15) is 4.79 Å². The molecule has 0 aliphatic carbocycles. The summed E-state index contributed by atoms with van der Waals surface area (Å²) in [7, 11) is 0. The summed E-state index contributed by atoms with van der Waals surface area (Å²) in [5.74, 6) is 0.332. The first kappa shape index (κ1) is 13.3. The zero-order valence-electron chi connectivity index (χ0n) is 11.4. The van der Waals surface area contributed by atoms with E-state index in [1.54, 1.807) is 22.8 Å². The molecule has 0 aliphatic rings. The Morgan fingerprint density at radius 1 is 1.47 bits per heavy atom. The smallest absolute Gasteiger partial charge is 0.271 e. The Kier molecular flexibility index (Phi) is 3.99. The van der Waals surface area contributed by atoms with E-state index in [1.807, 2.05) is 20.8 Å². The van der Waals surface area contributed by atoms with Crippen LogP contribution in [0.2, 0.25) is 0 Å². The first-order chi connectivity index (χ1) is 9.13. The summed E-state index contributed by atoms with van der Waals surface area (Å²) < 4.78 is 6.86. The number of imidazole rings is 1. The molecule has 19 heavy (non-hydrogen) atoms. The lowest BCUT2D eigenvalue weighted by Crippen LogP contribution is -2.32. The van der Waals surface area contributed by atoms with Crippen molar-refractivity contribution in [2.24, 2.45) is 0 Å². The fourth-order valence-corrected chi connectivity index (χ4v) is 1.60. The number of carbonyl (C=O) groups is 1. The molecule has 0 aromatic carbocycles. The molecule has 2 aromatic heterocycles. The summed E-state index contributed by atoms with van der Waals surface area (Å²) in [6.45, 7) is 6.42. The number of fused-ring (bicyclic) bond motifs is 1. The van der Waals surface area contributed by atoms with Gasteiger partial charge < -0.3 is 10.1 Å². The van der Waals surface area contributed by atoms with Gasteiger partial charge in [-0.2, -0.15) is 0 Å². The van der Waals surface area contributed by atoms with Gasteiger partial charge in [-0.05, 0) is 26.3 Å². The van der Waals surface area contributed by atoms with Crippen LogP contribution in [0.5, 0.6) is 5.88 Å². The van der Waals surface area contributed by atoms with Gasteiger partial charge in [0.05, 0.1) is 12.8 Å². The van der Waals surface area contributed by atoms with Gasteiger partial charge in [0.15, 0.2) is 5.65 Å². The quantitative estimate of drug-likeness (QED) is 0.889. The molecule has 0 saturated heterocycles. The highest BCUT2D eigenvalue weighted by Crippen LogP contribution is 2.10. The Balaban J connectivity index is 2.23. The van der Waals surface area contributed by atoms with Crippen LogP contribution in [0, 0.1) is 0 Å². The highest BCUT2D eigenvalue weighted by atomic mass is 16.5. The maximum atomic E-state index is 11.9. The number of nitrogens with zero attached hydrogens (tertiary/aromatic N) is 3. The predicted octanol–water partition coefficient (Wildman–Crippen LogP) is 1.66. The van der Waals surface area contributed by atoms with Crippen LogP contribution in [-0.4, -0.2) is 33.2 Å². The Morgan fingerprint density at radius 2 is 2.26 bits per heavy atom. The molecule has 2 rings (SSSR count). The molecule has 6 heteroatoms. The Hall–Kier alpha value is -2.11. The third-order valence-electron chi connectivity index (χ3n) is 2.81. The van der Waals surface area contributed by atoms with Crippen molar-refractivity contribution in [1.29, 1.82) is 0 Å². The lowest BCUT2D eigenvalue weighted by molar-refractivity contribution is 0.0935. The zero-order chi connectivity index (χ0) is 13.8. The van der Waals surface area contributed by atoms with Gasteiger partial charge in [-0.15, -0.1) is 5.10 Å². The van der Waals surface area contributed by atoms with Gasteiger partial charge in [-0.1, -0.05) is 6.92 Å². The Bertz CT molecular complexity index is 579. The van der Waals surface area contributed by atoms with Crippen molar-refractivity contribution in [3.8, 4) is 5.88 Å². The van der Waals surface area contributed by atoms with Gasteiger partial charge in [0.1, 0.15) is 5.69 Å². The Morgan fingerprint density at radius 3 is 2.95 bits per heavy atom. The number of nitrogens with one attached hydrogen (secondary N) is 1. The molecular formula is C13H18N4O2. The second-order valence-corrected chi connectivity index (χ2v) is 4.32. The summed E-state index contributed by atoms with van der Waals surface area (Å²) in [6, 6.07) is 3.64. The van der Waals surface area contributed by atoms with Crippen molar-refractivity contribution in [1.82, 2.24) is 19.9 Å². The van der Waals surface area contributed by atoms with Crippen LogP contribution < -0.4 is 10.1 Å². The van der Waals surface area contributed by atoms with E-state index in [2.05, 4.69) is 15.4 Å². The van der Waals surface area contributed by atoms with Gasteiger partial charge in [0.2, 0.25) is 5.88 Å². The van der Waals surface area contributed by atoms with E-state index in [-0.39, 0.29) is 11.9 Å². The molecule has 0 spiro atoms. The van der Waals surface area contributed by atoms with Crippen molar-refractivity contribution in [2.45, 2.75) is 33.2 Å². The summed E-state index contributed by atoms with van der Waals surface area (Å²) in [4.78, 5) is 16.2. The topological polar surface area (TPSA) is 68.5 Å². The monoisotopic (exact) mass is 262 g/mol. The molecular weight excluding hydrogens is 244 g/mol. The molecule has 0 saturated carbocycles. The molecule has 6 nitrogen and oxygen atoms in total. The van der Waals surface area contributed by atoms with Crippen LogP contribution in [0.3, 0.4) is 0 Å². The van der Waals surface area contributed by atoms with Gasteiger partial charge in [0.25, 0.3) is 5.91 Å². The summed E-state index contributed by atoms with van der Waals surface area (Å²) in [6.07, 6.45) is 2.49. The average molecular weight is 262 g/mol. The molecule has 2 aromatic rings. The molecule has 1 atom stereocenters. The number of hydrogen-bond acceptors (Lipinski definition) is 4. The van der Waals surface area contributed by atoms with Crippen LogP contribution in [0.1, 0.15) is 37.7 Å². The highest BCUT2D eigenvalue weighted by Gasteiger charge is 2.13. The number of ether oxygens (including phenoxy) is 1. The van der Waals surface area contributed by atoms with Crippen LogP contribution in [0.15, 0.2) is 18.3 Å². The maximum absolute atomic E-state index is 11.9. The first-order valence-corrected chi connectivity index (χ1v) is 6.44. The van der Waals surface area contributed by atoms with Crippen LogP contribution >= 0.6 is 0 Å². The number of carbonyl (C=O) groups excluding carboxylic acids is 1. The molecule has 0 unspecified atom stereocenters. The van der Waals surface area contributed by atoms with Crippen molar-refractivity contribution in [3.63, 3.8) is 0 Å². The molecule has 0 fully saturated rings. The summed E-state index contributed by atoms with van der Waals surface area (Å²) >= 11 is 0. The van der Waals surface area contributed by atoms with E-state index in [0.717, 1.165) is 6.42 Å². The second-order valence-electron chi connectivity index (χ2n) is 4.32. The third-order valence-corrected chi connectivity index (χ3v) is 2.81. The van der Waals surface area contributed by atoms with E-state index in [1.165, 1.54) is 0 Å². The second kappa shape index (κ2) is 5.69. The van der Waals surface area contributed by atoms with E-state index in [4.69, 9.17) is 4.74 Å². The average Bonchev–Trinajstić information content (AvgIpc) is 2.82. The number of amides is 1. The number of hydrogen-bond donors (Lipinski definition) is 1. The summed E-state index contributed by atoms with van der Waals surface area (Å²) in [5, 5.41) is 7.09. The molecule has 1 amide bonds.